The lowest BCUT2D eigenvalue weighted by molar-refractivity contribution is -0.125. The van der Waals surface area contributed by atoms with Crippen molar-refractivity contribution in [2.24, 2.45) is 5.92 Å². The SMILES string of the molecule is CCNCC(C)C(=O)N[C@H](C)c1ccc(F)cc1. The molecule has 0 heterocycles. The molecule has 0 aliphatic rings. The van der Waals surface area contributed by atoms with Crippen LogP contribution in [0.25, 0.3) is 0 Å². The summed E-state index contributed by atoms with van der Waals surface area (Å²) in [5.74, 6) is -0.335. The van der Waals surface area contributed by atoms with Crippen molar-refractivity contribution in [1.29, 1.82) is 0 Å². The second-order valence-electron chi connectivity index (χ2n) is 4.49. The van der Waals surface area contributed by atoms with Gasteiger partial charge in [-0.05, 0) is 31.2 Å². The molecule has 2 N–H and O–H groups in total. The Morgan fingerprint density at radius 1 is 1.28 bits per heavy atom. The Hall–Kier alpha value is -1.42. The predicted octanol–water partition coefficient (Wildman–Crippen LogP) is 2.25. The highest BCUT2D eigenvalue weighted by Gasteiger charge is 2.15. The Morgan fingerprint density at radius 2 is 1.89 bits per heavy atom. The molecular weight excluding hydrogens is 231 g/mol. The third kappa shape index (κ3) is 4.45. The first-order valence-electron chi connectivity index (χ1n) is 6.31. The first-order valence-corrected chi connectivity index (χ1v) is 6.31. The van der Waals surface area contributed by atoms with Crippen LogP contribution in [0.5, 0.6) is 0 Å². The molecule has 18 heavy (non-hydrogen) atoms. The fraction of sp³-hybridized carbons (Fsp3) is 0.500. The van der Waals surface area contributed by atoms with Gasteiger partial charge in [-0.15, -0.1) is 0 Å². The number of hydrogen-bond acceptors (Lipinski definition) is 2. The normalized spacial score (nSPS) is 14.0. The van der Waals surface area contributed by atoms with Crippen LogP contribution in [-0.2, 0) is 4.79 Å². The van der Waals surface area contributed by atoms with Crippen molar-refractivity contribution in [3.8, 4) is 0 Å². The van der Waals surface area contributed by atoms with Crippen molar-refractivity contribution < 1.29 is 9.18 Å². The van der Waals surface area contributed by atoms with Crippen molar-refractivity contribution in [3.05, 3.63) is 35.6 Å². The van der Waals surface area contributed by atoms with Gasteiger partial charge < -0.3 is 10.6 Å². The molecule has 1 aromatic carbocycles. The van der Waals surface area contributed by atoms with E-state index in [0.29, 0.717) is 6.54 Å². The van der Waals surface area contributed by atoms with Gasteiger partial charge in [-0.3, -0.25) is 4.79 Å². The molecule has 1 aromatic rings. The van der Waals surface area contributed by atoms with Crippen LogP contribution in [0, 0.1) is 11.7 Å². The summed E-state index contributed by atoms with van der Waals surface area (Å²) in [6, 6.07) is 6.08. The van der Waals surface area contributed by atoms with E-state index in [1.165, 1.54) is 12.1 Å². The maximum atomic E-state index is 12.8. The Kier molecular flexibility index (Phi) is 5.78. The summed E-state index contributed by atoms with van der Waals surface area (Å²) in [6.07, 6.45) is 0. The topological polar surface area (TPSA) is 41.1 Å². The van der Waals surface area contributed by atoms with E-state index < -0.39 is 0 Å². The Morgan fingerprint density at radius 3 is 2.44 bits per heavy atom. The lowest BCUT2D eigenvalue weighted by Crippen LogP contribution is -2.36. The molecule has 0 aliphatic heterocycles. The van der Waals surface area contributed by atoms with Gasteiger partial charge in [0.1, 0.15) is 5.82 Å². The van der Waals surface area contributed by atoms with Crippen molar-refractivity contribution in [3.63, 3.8) is 0 Å². The number of rotatable bonds is 6. The second-order valence-corrected chi connectivity index (χ2v) is 4.49. The summed E-state index contributed by atoms with van der Waals surface area (Å²) in [5, 5.41) is 6.06. The monoisotopic (exact) mass is 252 g/mol. The number of halogens is 1. The Balaban J connectivity index is 2.51. The molecule has 0 spiro atoms. The van der Waals surface area contributed by atoms with Gasteiger partial charge in [0.2, 0.25) is 5.91 Å². The molecule has 1 amide bonds. The summed E-state index contributed by atoms with van der Waals surface area (Å²) < 4.78 is 12.8. The standard InChI is InChI=1S/C14H21FN2O/c1-4-16-9-10(2)14(18)17-11(3)12-5-7-13(15)8-6-12/h5-8,10-11,16H,4,9H2,1-3H3,(H,17,18)/t10?,11-/m1/s1. The largest absolute Gasteiger partial charge is 0.349 e. The molecular formula is C14H21FN2O. The molecule has 0 aliphatic carbocycles. The van der Waals surface area contributed by atoms with Crippen LogP contribution in [0.1, 0.15) is 32.4 Å². The average molecular weight is 252 g/mol. The minimum atomic E-state index is -0.266. The molecule has 2 atom stereocenters. The van der Waals surface area contributed by atoms with Crippen LogP contribution < -0.4 is 10.6 Å². The van der Waals surface area contributed by atoms with E-state index in [2.05, 4.69) is 10.6 Å². The van der Waals surface area contributed by atoms with Gasteiger partial charge in [0.25, 0.3) is 0 Å². The van der Waals surface area contributed by atoms with Crippen LogP contribution >= 0.6 is 0 Å². The molecule has 4 heteroatoms. The van der Waals surface area contributed by atoms with Crippen LogP contribution in [0.15, 0.2) is 24.3 Å². The highest BCUT2D eigenvalue weighted by atomic mass is 19.1. The van der Waals surface area contributed by atoms with E-state index in [0.717, 1.165) is 12.1 Å². The Bertz CT molecular complexity index is 378. The third-order valence-corrected chi connectivity index (χ3v) is 2.88. The molecule has 0 radical (unpaired) electrons. The van der Waals surface area contributed by atoms with Crippen molar-refractivity contribution >= 4 is 5.91 Å². The van der Waals surface area contributed by atoms with Gasteiger partial charge >= 0.3 is 0 Å². The number of benzene rings is 1. The van der Waals surface area contributed by atoms with Crippen molar-refractivity contribution in [2.75, 3.05) is 13.1 Å². The first-order chi connectivity index (χ1) is 8.54. The highest BCUT2D eigenvalue weighted by molar-refractivity contribution is 5.78. The number of amides is 1. The molecule has 1 unspecified atom stereocenters. The fourth-order valence-electron chi connectivity index (χ4n) is 1.64. The molecule has 1 rings (SSSR count). The maximum absolute atomic E-state index is 12.8. The van der Waals surface area contributed by atoms with Crippen LogP contribution in [-0.4, -0.2) is 19.0 Å². The zero-order valence-electron chi connectivity index (χ0n) is 11.2. The second kappa shape index (κ2) is 7.11. The van der Waals surface area contributed by atoms with Gasteiger partial charge in [0, 0.05) is 12.5 Å². The summed E-state index contributed by atoms with van der Waals surface area (Å²) in [6.45, 7) is 7.30. The van der Waals surface area contributed by atoms with Gasteiger partial charge in [-0.25, -0.2) is 4.39 Å². The van der Waals surface area contributed by atoms with Crippen molar-refractivity contribution in [1.82, 2.24) is 10.6 Å². The van der Waals surface area contributed by atoms with E-state index in [-0.39, 0.29) is 23.7 Å². The summed E-state index contributed by atoms with van der Waals surface area (Å²) >= 11 is 0. The molecule has 0 bridgehead atoms. The molecule has 3 nitrogen and oxygen atoms in total. The van der Waals surface area contributed by atoms with E-state index in [9.17, 15) is 9.18 Å². The van der Waals surface area contributed by atoms with E-state index >= 15 is 0 Å². The van der Waals surface area contributed by atoms with Crippen LogP contribution in [0.3, 0.4) is 0 Å². The minimum Gasteiger partial charge on any atom is -0.349 e. The Labute approximate surface area is 108 Å². The van der Waals surface area contributed by atoms with Crippen LogP contribution in [0.2, 0.25) is 0 Å². The highest BCUT2D eigenvalue weighted by Crippen LogP contribution is 2.13. The minimum absolute atomic E-state index is 0.00720. The predicted molar refractivity (Wildman–Crippen MR) is 70.7 cm³/mol. The van der Waals surface area contributed by atoms with Crippen molar-refractivity contribution in [2.45, 2.75) is 26.8 Å². The van der Waals surface area contributed by atoms with E-state index in [1.807, 2.05) is 20.8 Å². The third-order valence-electron chi connectivity index (χ3n) is 2.88. The average Bonchev–Trinajstić information content (AvgIpc) is 2.36. The molecule has 0 fully saturated rings. The lowest BCUT2D eigenvalue weighted by atomic mass is 10.1. The van der Waals surface area contributed by atoms with E-state index in [4.69, 9.17) is 0 Å². The molecule has 0 saturated heterocycles. The summed E-state index contributed by atoms with van der Waals surface area (Å²) in [4.78, 5) is 11.9. The molecule has 0 aromatic heterocycles. The molecule has 100 valence electrons. The van der Waals surface area contributed by atoms with Gasteiger partial charge in [-0.1, -0.05) is 26.0 Å². The zero-order chi connectivity index (χ0) is 13.5. The summed E-state index contributed by atoms with van der Waals surface area (Å²) in [5.41, 5.74) is 0.903. The quantitative estimate of drug-likeness (QED) is 0.815. The fourth-order valence-corrected chi connectivity index (χ4v) is 1.64. The molecule has 0 saturated carbocycles. The summed E-state index contributed by atoms with van der Waals surface area (Å²) in [7, 11) is 0. The van der Waals surface area contributed by atoms with Gasteiger partial charge in [0.05, 0.1) is 6.04 Å². The number of carbonyl (C=O) groups excluding carboxylic acids is 1. The number of hydrogen-bond donors (Lipinski definition) is 2. The van der Waals surface area contributed by atoms with E-state index in [1.54, 1.807) is 12.1 Å². The zero-order valence-corrected chi connectivity index (χ0v) is 11.2. The first kappa shape index (κ1) is 14.6. The maximum Gasteiger partial charge on any atom is 0.224 e. The number of nitrogens with one attached hydrogen (secondary N) is 2. The van der Waals surface area contributed by atoms with Crippen LogP contribution in [0.4, 0.5) is 4.39 Å². The smallest absolute Gasteiger partial charge is 0.224 e. The van der Waals surface area contributed by atoms with Gasteiger partial charge in [-0.2, -0.15) is 0 Å². The number of carbonyl (C=O) groups is 1. The lowest BCUT2D eigenvalue weighted by Gasteiger charge is -2.18. The van der Waals surface area contributed by atoms with Gasteiger partial charge in [0.15, 0.2) is 0 Å².